The fourth-order valence-electron chi connectivity index (χ4n) is 2.03. The molecule has 1 fully saturated rings. The predicted octanol–water partition coefficient (Wildman–Crippen LogP) is 2.56. The molecule has 0 radical (unpaired) electrons. The van der Waals surface area contributed by atoms with Crippen molar-refractivity contribution in [3.63, 3.8) is 0 Å². The van der Waals surface area contributed by atoms with Crippen LogP contribution in [0.25, 0.3) is 5.57 Å². The number of nitrogens with zero attached hydrogens (tertiary/aromatic N) is 4. The average Bonchev–Trinajstić information content (AvgIpc) is 2.97. The van der Waals surface area contributed by atoms with Crippen molar-refractivity contribution in [2.75, 3.05) is 26.2 Å². The lowest BCUT2D eigenvalue weighted by atomic mass is 10.2. The van der Waals surface area contributed by atoms with Gasteiger partial charge in [0, 0.05) is 44.0 Å². The predicted molar refractivity (Wildman–Crippen MR) is 85.1 cm³/mol. The third-order valence-electron chi connectivity index (χ3n) is 3.06. The van der Waals surface area contributed by atoms with E-state index in [1.807, 2.05) is 37.3 Å². The molecule has 1 saturated heterocycles. The quantitative estimate of drug-likeness (QED) is 0.783. The van der Waals surface area contributed by atoms with Gasteiger partial charge in [-0.3, -0.25) is 0 Å². The number of hydrogen-bond acceptors (Lipinski definition) is 6. The van der Waals surface area contributed by atoms with Crippen molar-refractivity contribution in [2.24, 2.45) is 0 Å². The molecule has 2 heterocycles. The Hall–Kier alpha value is -2.07. The zero-order valence-corrected chi connectivity index (χ0v) is 13.9. The minimum atomic E-state index is -0.479. The average molecular weight is 320 g/mol. The Kier molecular flexibility index (Phi) is 5.03. The standard InChI is InChI=1S/C15H20N4O2S/c1-15(2,3)21-14(20)19-7-5-18(6-8-19)11-12(10-16)13-17-4-9-22-13/h4,9,11H,5-8H2,1-3H3. The third kappa shape index (κ3) is 4.46. The number of ether oxygens (including phenoxy) is 1. The van der Waals surface area contributed by atoms with Gasteiger partial charge in [0.15, 0.2) is 0 Å². The lowest BCUT2D eigenvalue weighted by molar-refractivity contribution is 0.0177. The van der Waals surface area contributed by atoms with Gasteiger partial charge in [-0.25, -0.2) is 9.78 Å². The Morgan fingerprint density at radius 3 is 2.59 bits per heavy atom. The number of carbonyl (C=O) groups excluding carboxylic acids is 1. The van der Waals surface area contributed by atoms with Gasteiger partial charge in [0.05, 0.1) is 0 Å². The van der Waals surface area contributed by atoms with Crippen LogP contribution in [0.4, 0.5) is 4.79 Å². The van der Waals surface area contributed by atoms with Gasteiger partial charge in [0.2, 0.25) is 0 Å². The number of nitriles is 1. The summed E-state index contributed by atoms with van der Waals surface area (Å²) in [5.74, 6) is 0. The van der Waals surface area contributed by atoms with Crippen LogP contribution in [0.2, 0.25) is 0 Å². The lowest BCUT2D eigenvalue weighted by Crippen LogP contribution is -2.48. The van der Waals surface area contributed by atoms with Crippen molar-refractivity contribution < 1.29 is 9.53 Å². The fourth-order valence-corrected chi connectivity index (χ4v) is 2.63. The largest absolute Gasteiger partial charge is 0.444 e. The monoisotopic (exact) mass is 320 g/mol. The van der Waals surface area contributed by atoms with E-state index < -0.39 is 5.60 Å². The molecule has 0 spiro atoms. The number of piperazine rings is 1. The molecule has 0 aromatic carbocycles. The van der Waals surface area contributed by atoms with Crippen molar-refractivity contribution in [2.45, 2.75) is 26.4 Å². The van der Waals surface area contributed by atoms with Gasteiger partial charge in [0.1, 0.15) is 22.3 Å². The molecule has 7 heteroatoms. The molecule has 1 aliphatic heterocycles. The third-order valence-corrected chi connectivity index (χ3v) is 3.87. The number of carbonyl (C=O) groups is 1. The molecule has 1 aromatic rings. The summed E-state index contributed by atoms with van der Waals surface area (Å²) in [5.41, 5.74) is 0.0770. The number of hydrogen-bond donors (Lipinski definition) is 0. The van der Waals surface area contributed by atoms with E-state index in [-0.39, 0.29) is 6.09 Å². The molecule has 0 aliphatic carbocycles. The molecule has 2 rings (SSSR count). The zero-order valence-electron chi connectivity index (χ0n) is 13.1. The Bertz CT molecular complexity index is 576. The number of amides is 1. The first-order chi connectivity index (χ1) is 10.4. The second kappa shape index (κ2) is 6.79. The van der Waals surface area contributed by atoms with Crippen molar-refractivity contribution >= 4 is 23.0 Å². The van der Waals surface area contributed by atoms with Crippen molar-refractivity contribution in [3.05, 3.63) is 22.8 Å². The number of allylic oxidation sites excluding steroid dienone is 1. The molecular formula is C15H20N4O2S. The molecule has 1 amide bonds. The van der Waals surface area contributed by atoms with Crippen LogP contribution in [0.5, 0.6) is 0 Å². The molecule has 6 nitrogen and oxygen atoms in total. The van der Waals surface area contributed by atoms with Crippen molar-refractivity contribution in [1.82, 2.24) is 14.8 Å². The van der Waals surface area contributed by atoms with Crippen LogP contribution < -0.4 is 0 Å². The Morgan fingerprint density at radius 1 is 1.41 bits per heavy atom. The van der Waals surface area contributed by atoms with Crippen LogP contribution in [-0.4, -0.2) is 52.7 Å². The number of rotatable bonds is 2. The van der Waals surface area contributed by atoms with E-state index in [4.69, 9.17) is 4.74 Å². The lowest BCUT2D eigenvalue weighted by Gasteiger charge is -2.35. The van der Waals surface area contributed by atoms with Crippen LogP contribution in [-0.2, 0) is 4.74 Å². The van der Waals surface area contributed by atoms with E-state index in [0.717, 1.165) is 5.01 Å². The molecule has 118 valence electrons. The van der Waals surface area contributed by atoms with E-state index >= 15 is 0 Å². The molecule has 1 aliphatic rings. The summed E-state index contributed by atoms with van der Waals surface area (Å²) in [6, 6.07) is 2.18. The van der Waals surface area contributed by atoms with E-state index in [2.05, 4.69) is 11.1 Å². The van der Waals surface area contributed by atoms with E-state index in [0.29, 0.717) is 31.8 Å². The van der Waals surface area contributed by atoms with E-state index in [9.17, 15) is 10.1 Å². The fraction of sp³-hybridized carbons (Fsp3) is 0.533. The summed E-state index contributed by atoms with van der Waals surface area (Å²) in [6.07, 6.45) is 3.23. The van der Waals surface area contributed by atoms with Crippen molar-refractivity contribution in [3.8, 4) is 6.07 Å². The maximum Gasteiger partial charge on any atom is 0.410 e. The normalized spacial score (nSPS) is 16.4. The first-order valence-corrected chi connectivity index (χ1v) is 8.01. The summed E-state index contributed by atoms with van der Waals surface area (Å²) < 4.78 is 5.37. The molecule has 0 atom stereocenters. The summed E-state index contributed by atoms with van der Waals surface area (Å²) in [6.45, 7) is 8.10. The SMILES string of the molecule is CC(C)(C)OC(=O)N1CCN(C=C(C#N)c2nccs2)CC1. The maximum absolute atomic E-state index is 12.0. The highest BCUT2D eigenvalue weighted by atomic mass is 32.1. The highest BCUT2D eigenvalue weighted by Gasteiger charge is 2.25. The maximum atomic E-state index is 12.0. The summed E-state index contributed by atoms with van der Waals surface area (Å²) in [5, 5.41) is 11.8. The smallest absolute Gasteiger partial charge is 0.410 e. The topological polar surface area (TPSA) is 69.5 Å². The van der Waals surface area contributed by atoms with Crippen LogP contribution in [0.15, 0.2) is 17.8 Å². The zero-order chi connectivity index (χ0) is 16.2. The molecular weight excluding hydrogens is 300 g/mol. The van der Waals surface area contributed by atoms with Gasteiger partial charge in [-0.15, -0.1) is 11.3 Å². The summed E-state index contributed by atoms with van der Waals surface area (Å²) in [7, 11) is 0. The first kappa shape index (κ1) is 16.3. The van der Waals surface area contributed by atoms with Gasteiger partial charge in [-0.05, 0) is 20.8 Å². The molecule has 0 unspecified atom stereocenters. The van der Waals surface area contributed by atoms with Crippen LogP contribution in [0.1, 0.15) is 25.8 Å². The van der Waals surface area contributed by atoms with Crippen molar-refractivity contribution in [1.29, 1.82) is 5.26 Å². The molecule has 0 saturated carbocycles. The molecule has 22 heavy (non-hydrogen) atoms. The second-order valence-corrected chi connectivity index (χ2v) is 6.89. The Morgan fingerprint density at radius 2 is 2.09 bits per heavy atom. The summed E-state index contributed by atoms with van der Waals surface area (Å²) >= 11 is 1.44. The van der Waals surface area contributed by atoms with Gasteiger partial charge in [-0.2, -0.15) is 5.26 Å². The highest BCUT2D eigenvalue weighted by molar-refractivity contribution is 7.10. The first-order valence-electron chi connectivity index (χ1n) is 7.13. The van der Waals surface area contributed by atoms with Crippen LogP contribution in [0.3, 0.4) is 0 Å². The molecule has 0 N–H and O–H groups in total. The minimum Gasteiger partial charge on any atom is -0.444 e. The minimum absolute atomic E-state index is 0.281. The van der Waals surface area contributed by atoms with E-state index in [1.165, 1.54) is 11.3 Å². The number of aromatic nitrogens is 1. The Balaban J connectivity index is 1.92. The number of thiazole rings is 1. The van der Waals surface area contributed by atoms with Crippen LogP contribution >= 0.6 is 11.3 Å². The van der Waals surface area contributed by atoms with Gasteiger partial charge >= 0.3 is 6.09 Å². The van der Waals surface area contributed by atoms with Gasteiger partial charge in [0.25, 0.3) is 0 Å². The highest BCUT2D eigenvalue weighted by Crippen LogP contribution is 2.18. The van der Waals surface area contributed by atoms with Crippen LogP contribution in [0, 0.1) is 11.3 Å². The molecule has 1 aromatic heterocycles. The summed E-state index contributed by atoms with van der Waals surface area (Å²) in [4.78, 5) is 19.9. The van der Waals surface area contributed by atoms with Gasteiger partial charge in [-0.1, -0.05) is 0 Å². The second-order valence-electron chi connectivity index (χ2n) is 6.00. The van der Waals surface area contributed by atoms with E-state index in [1.54, 1.807) is 11.1 Å². The Labute approximate surface area is 134 Å². The molecule has 0 bridgehead atoms. The van der Waals surface area contributed by atoms with Gasteiger partial charge < -0.3 is 14.5 Å².